The molecule has 1 fully saturated rings. The quantitative estimate of drug-likeness (QED) is 0.875. The molecule has 1 N–H and O–H groups in total. The maximum absolute atomic E-state index is 3.45. The second-order valence-electron chi connectivity index (χ2n) is 6.18. The summed E-state index contributed by atoms with van der Waals surface area (Å²) in [4.78, 5) is 2.47. The maximum Gasteiger partial charge on any atom is 0.0233 e. The predicted octanol–water partition coefficient (Wildman–Crippen LogP) is 3.04. The normalized spacial score (nSPS) is 19.3. The van der Waals surface area contributed by atoms with Crippen LogP contribution in [-0.4, -0.2) is 31.6 Å². The Labute approximate surface area is 118 Å². The van der Waals surface area contributed by atoms with E-state index in [0.717, 1.165) is 12.5 Å². The fourth-order valence-corrected chi connectivity index (χ4v) is 2.92. The van der Waals surface area contributed by atoms with Crippen molar-refractivity contribution in [2.45, 2.75) is 40.2 Å². The van der Waals surface area contributed by atoms with Gasteiger partial charge in [0.05, 0.1) is 0 Å². The number of hydrogen-bond acceptors (Lipinski definition) is 2. The molecule has 0 radical (unpaired) electrons. The first kappa shape index (κ1) is 14.5. The fraction of sp³-hybridized carbons (Fsp3) is 0.647. The Balaban J connectivity index is 1.87. The summed E-state index contributed by atoms with van der Waals surface area (Å²) in [5.41, 5.74) is 5.80. The lowest BCUT2D eigenvalue weighted by molar-refractivity contribution is 0.297. The monoisotopic (exact) mass is 260 g/mol. The van der Waals surface area contributed by atoms with Gasteiger partial charge in [0.25, 0.3) is 0 Å². The Morgan fingerprint density at radius 2 is 2.00 bits per heavy atom. The van der Waals surface area contributed by atoms with Crippen LogP contribution in [0.2, 0.25) is 0 Å². The molecule has 0 aromatic heterocycles. The van der Waals surface area contributed by atoms with Crippen molar-refractivity contribution >= 4 is 0 Å². The second kappa shape index (κ2) is 6.53. The van der Waals surface area contributed by atoms with Crippen molar-refractivity contribution in [3.8, 4) is 0 Å². The van der Waals surface area contributed by atoms with Crippen molar-refractivity contribution in [3.05, 3.63) is 34.4 Å². The molecule has 1 aromatic carbocycles. The van der Waals surface area contributed by atoms with Gasteiger partial charge in [0.2, 0.25) is 0 Å². The van der Waals surface area contributed by atoms with Gasteiger partial charge in [-0.05, 0) is 88.5 Å². The molecule has 1 unspecified atom stereocenters. The summed E-state index contributed by atoms with van der Waals surface area (Å²) >= 11 is 0. The molecule has 1 saturated heterocycles. The zero-order valence-corrected chi connectivity index (χ0v) is 12.9. The molecule has 0 aliphatic carbocycles. The first-order valence-electron chi connectivity index (χ1n) is 7.53. The number of nitrogens with zero attached hydrogens (tertiary/aromatic N) is 1. The van der Waals surface area contributed by atoms with Crippen molar-refractivity contribution in [1.29, 1.82) is 0 Å². The van der Waals surface area contributed by atoms with Crippen LogP contribution in [0.3, 0.4) is 0 Å². The van der Waals surface area contributed by atoms with Crippen LogP contribution in [0.1, 0.15) is 35.1 Å². The van der Waals surface area contributed by atoms with E-state index in [0.29, 0.717) is 0 Å². The third-order valence-corrected chi connectivity index (χ3v) is 4.69. The smallest absolute Gasteiger partial charge is 0.0233 e. The highest BCUT2D eigenvalue weighted by Gasteiger charge is 2.15. The Bertz CT molecular complexity index is 420. The summed E-state index contributed by atoms with van der Waals surface area (Å²) < 4.78 is 0. The lowest BCUT2D eigenvalue weighted by Gasteiger charge is -2.21. The number of hydrogen-bond donors (Lipinski definition) is 1. The number of nitrogens with one attached hydrogen (secondary N) is 1. The molecule has 2 nitrogen and oxygen atoms in total. The number of rotatable bonds is 5. The molecule has 1 aliphatic heterocycles. The van der Waals surface area contributed by atoms with E-state index in [2.05, 4.69) is 50.2 Å². The fourth-order valence-electron chi connectivity index (χ4n) is 2.92. The first-order chi connectivity index (χ1) is 9.08. The van der Waals surface area contributed by atoms with Crippen molar-refractivity contribution in [1.82, 2.24) is 10.2 Å². The van der Waals surface area contributed by atoms with Crippen LogP contribution in [0.5, 0.6) is 0 Å². The van der Waals surface area contributed by atoms with Gasteiger partial charge in [-0.2, -0.15) is 0 Å². The Morgan fingerprint density at radius 1 is 1.21 bits per heavy atom. The van der Waals surface area contributed by atoms with E-state index < -0.39 is 0 Å². The van der Waals surface area contributed by atoms with Gasteiger partial charge in [-0.15, -0.1) is 0 Å². The van der Waals surface area contributed by atoms with Crippen molar-refractivity contribution in [2.24, 2.45) is 5.92 Å². The molecule has 1 heterocycles. The molecule has 0 spiro atoms. The predicted molar refractivity (Wildman–Crippen MR) is 82.6 cm³/mol. The van der Waals surface area contributed by atoms with Crippen LogP contribution < -0.4 is 5.32 Å². The highest BCUT2D eigenvalue weighted by molar-refractivity contribution is 5.38. The molecule has 19 heavy (non-hydrogen) atoms. The van der Waals surface area contributed by atoms with Gasteiger partial charge in [-0.25, -0.2) is 0 Å². The summed E-state index contributed by atoms with van der Waals surface area (Å²) in [6.45, 7) is 11.4. The minimum absolute atomic E-state index is 0.892. The average molecular weight is 260 g/mol. The molecule has 0 amide bonds. The van der Waals surface area contributed by atoms with Crippen LogP contribution in [0, 0.1) is 26.7 Å². The van der Waals surface area contributed by atoms with Crippen molar-refractivity contribution in [3.63, 3.8) is 0 Å². The Hall–Kier alpha value is -0.860. The largest absolute Gasteiger partial charge is 0.316 e. The lowest BCUT2D eigenvalue weighted by Crippen LogP contribution is -2.22. The van der Waals surface area contributed by atoms with Crippen LogP contribution >= 0.6 is 0 Å². The molecule has 1 aliphatic rings. The third kappa shape index (κ3) is 3.80. The van der Waals surface area contributed by atoms with Crippen LogP contribution in [0.15, 0.2) is 12.1 Å². The molecule has 106 valence electrons. The third-order valence-electron chi connectivity index (χ3n) is 4.69. The van der Waals surface area contributed by atoms with Gasteiger partial charge in [0.1, 0.15) is 0 Å². The van der Waals surface area contributed by atoms with Gasteiger partial charge in [-0.3, -0.25) is 0 Å². The highest BCUT2D eigenvalue weighted by atomic mass is 15.1. The molecule has 1 atom stereocenters. The standard InChI is InChI=1S/C17H28N2/c1-13-5-6-17(15(3)14(13)2)12-19(4)10-8-16-7-9-18-11-16/h5-6,16,18H,7-12H2,1-4H3. The van der Waals surface area contributed by atoms with E-state index in [1.807, 2.05) is 0 Å². The van der Waals surface area contributed by atoms with E-state index in [4.69, 9.17) is 0 Å². The van der Waals surface area contributed by atoms with Crippen LogP contribution in [-0.2, 0) is 6.54 Å². The minimum Gasteiger partial charge on any atom is -0.316 e. The zero-order valence-electron chi connectivity index (χ0n) is 12.9. The van der Waals surface area contributed by atoms with E-state index in [-0.39, 0.29) is 0 Å². The lowest BCUT2D eigenvalue weighted by atomic mass is 9.98. The van der Waals surface area contributed by atoms with Gasteiger partial charge < -0.3 is 10.2 Å². The maximum atomic E-state index is 3.45. The van der Waals surface area contributed by atoms with Gasteiger partial charge >= 0.3 is 0 Å². The van der Waals surface area contributed by atoms with E-state index in [1.54, 1.807) is 0 Å². The molecule has 2 heteroatoms. The minimum atomic E-state index is 0.892. The highest BCUT2D eigenvalue weighted by Crippen LogP contribution is 2.19. The van der Waals surface area contributed by atoms with E-state index >= 15 is 0 Å². The molecular formula is C17H28N2. The SMILES string of the molecule is Cc1ccc(CN(C)CCC2CCNC2)c(C)c1C. The molecule has 2 rings (SSSR count). The molecule has 1 aromatic rings. The topological polar surface area (TPSA) is 15.3 Å². The van der Waals surface area contributed by atoms with E-state index in [1.165, 1.54) is 54.7 Å². The molecule has 0 bridgehead atoms. The zero-order chi connectivity index (χ0) is 13.8. The molecular weight excluding hydrogens is 232 g/mol. The Morgan fingerprint density at radius 3 is 2.68 bits per heavy atom. The summed E-state index contributed by atoms with van der Waals surface area (Å²) in [6, 6.07) is 4.55. The second-order valence-corrected chi connectivity index (χ2v) is 6.18. The van der Waals surface area contributed by atoms with Gasteiger partial charge in [0, 0.05) is 6.54 Å². The average Bonchev–Trinajstić information content (AvgIpc) is 2.90. The van der Waals surface area contributed by atoms with E-state index in [9.17, 15) is 0 Å². The van der Waals surface area contributed by atoms with Crippen molar-refractivity contribution in [2.75, 3.05) is 26.7 Å². The first-order valence-corrected chi connectivity index (χ1v) is 7.53. The van der Waals surface area contributed by atoms with Crippen LogP contribution in [0.4, 0.5) is 0 Å². The Kier molecular flexibility index (Phi) is 5.00. The summed E-state index contributed by atoms with van der Waals surface area (Å²) in [6.07, 6.45) is 2.68. The van der Waals surface area contributed by atoms with Gasteiger partial charge in [0.15, 0.2) is 0 Å². The van der Waals surface area contributed by atoms with Crippen molar-refractivity contribution < 1.29 is 0 Å². The summed E-state index contributed by atoms with van der Waals surface area (Å²) in [7, 11) is 2.25. The molecule has 0 saturated carbocycles. The number of benzene rings is 1. The van der Waals surface area contributed by atoms with Crippen LogP contribution in [0.25, 0.3) is 0 Å². The summed E-state index contributed by atoms with van der Waals surface area (Å²) in [5.74, 6) is 0.892. The summed E-state index contributed by atoms with van der Waals surface area (Å²) in [5, 5.41) is 3.45. The number of aryl methyl sites for hydroxylation is 1. The van der Waals surface area contributed by atoms with Gasteiger partial charge in [-0.1, -0.05) is 12.1 Å².